The van der Waals surface area contributed by atoms with Crippen LogP contribution in [0.15, 0.2) is 0 Å². The highest BCUT2D eigenvalue weighted by Gasteiger charge is 2.43. The second kappa shape index (κ2) is 2.94. The van der Waals surface area contributed by atoms with Gasteiger partial charge in [0.05, 0.1) is 0 Å². The molecule has 1 fully saturated rings. The molecule has 0 radical (unpaired) electrons. The molecule has 1 heteroatoms. The minimum atomic E-state index is -0.00926. The van der Waals surface area contributed by atoms with Crippen LogP contribution >= 0.6 is 0 Å². The van der Waals surface area contributed by atoms with Gasteiger partial charge in [0.15, 0.2) is 0 Å². The van der Waals surface area contributed by atoms with Gasteiger partial charge in [-0.3, -0.25) is 4.79 Å². The molecule has 0 bridgehead atoms. The van der Waals surface area contributed by atoms with Crippen molar-refractivity contribution in [3.05, 3.63) is 0 Å². The molecule has 0 spiro atoms. The molecule has 1 nitrogen and oxygen atoms in total. The maximum absolute atomic E-state index is 11.4. The molecule has 0 aliphatic heterocycles. The second-order valence-corrected chi connectivity index (χ2v) is 4.49. The molecule has 0 aromatic heterocycles. The van der Waals surface area contributed by atoms with Crippen molar-refractivity contribution in [2.75, 3.05) is 0 Å². The van der Waals surface area contributed by atoms with Gasteiger partial charge in [0, 0.05) is 5.92 Å². The summed E-state index contributed by atoms with van der Waals surface area (Å²) in [7, 11) is 0. The molecule has 0 heterocycles. The Balaban J connectivity index is 2.87. The first-order valence-corrected chi connectivity index (χ1v) is 4.49. The lowest BCUT2D eigenvalue weighted by atomic mass is 9.77. The van der Waals surface area contributed by atoms with Crippen LogP contribution in [-0.2, 0) is 4.79 Å². The molecule has 12 heavy (non-hydrogen) atoms. The molecule has 0 N–H and O–H groups in total. The first kappa shape index (κ1) is 9.32. The van der Waals surface area contributed by atoms with Crippen LogP contribution in [0.5, 0.6) is 0 Å². The predicted molar refractivity (Wildman–Crippen MR) is 49.5 cm³/mol. The first-order chi connectivity index (χ1) is 5.49. The van der Waals surface area contributed by atoms with Crippen LogP contribution < -0.4 is 0 Å². The van der Waals surface area contributed by atoms with Gasteiger partial charge in [0.2, 0.25) is 5.78 Å². The Morgan fingerprint density at radius 1 is 1.58 bits per heavy atom. The van der Waals surface area contributed by atoms with Gasteiger partial charge < -0.3 is 0 Å². The minimum Gasteiger partial charge on any atom is -0.285 e. The summed E-state index contributed by atoms with van der Waals surface area (Å²) in [6, 6.07) is 0. The molecule has 2 atom stereocenters. The number of carbonyl (C=O) groups excluding carboxylic acids is 1. The fraction of sp³-hybridized carbons (Fsp3) is 0.727. The monoisotopic (exact) mass is 164 g/mol. The average molecular weight is 164 g/mol. The summed E-state index contributed by atoms with van der Waals surface area (Å²) >= 11 is 0. The second-order valence-electron chi connectivity index (χ2n) is 4.49. The van der Waals surface area contributed by atoms with E-state index in [4.69, 9.17) is 6.42 Å². The molecule has 0 saturated heterocycles. The van der Waals surface area contributed by atoms with E-state index in [2.05, 4.69) is 26.7 Å². The van der Waals surface area contributed by atoms with Gasteiger partial charge in [-0.15, -0.1) is 6.42 Å². The molecule has 1 saturated carbocycles. The highest BCUT2D eigenvalue weighted by molar-refractivity contribution is 5.97. The number of ketones is 1. The summed E-state index contributed by atoms with van der Waals surface area (Å²) in [6.07, 6.45) is 7.38. The van der Waals surface area contributed by atoms with Crippen LogP contribution in [0.3, 0.4) is 0 Å². The van der Waals surface area contributed by atoms with Crippen molar-refractivity contribution in [2.24, 2.45) is 17.3 Å². The molecule has 0 amide bonds. The Kier molecular flexibility index (Phi) is 2.28. The molecule has 1 rings (SSSR count). The Morgan fingerprint density at radius 2 is 2.17 bits per heavy atom. The van der Waals surface area contributed by atoms with Gasteiger partial charge in [-0.2, -0.15) is 0 Å². The number of rotatable bonds is 1. The zero-order chi connectivity index (χ0) is 9.35. The van der Waals surface area contributed by atoms with E-state index in [9.17, 15) is 4.79 Å². The van der Waals surface area contributed by atoms with Crippen molar-refractivity contribution in [1.82, 2.24) is 0 Å². The van der Waals surface area contributed by atoms with Gasteiger partial charge in [-0.05, 0) is 30.1 Å². The molecule has 0 aromatic carbocycles. The standard InChI is InChI=1S/C11H16O/c1-5-9(12)10-8(2)6-7-11(10,3)4/h1,8,10H,6-7H2,2-4H3/t8-,10-/m0/s1. The van der Waals surface area contributed by atoms with Gasteiger partial charge in [-0.1, -0.05) is 20.8 Å². The van der Waals surface area contributed by atoms with Crippen LogP contribution in [-0.4, -0.2) is 5.78 Å². The fourth-order valence-electron chi connectivity index (χ4n) is 2.40. The maximum atomic E-state index is 11.4. The fourth-order valence-corrected chi connectivity index (χ4v) is 2.40. The van der Waals surface area contributed by atoms with E-state index in [1.807, 2.05) is 0 Å². The molecule has 1 aliphatic rings. The molecule has 0 aromatic rings. The SMILES string of the molecule is C#CC(=O)[C@@H]1[C@@H](C)CCC1(C)C. The van der Waals surface area contributed by atoms with Gasteiger partial charge in [-0.25, -0.2) is 0 Å². The van der Waals surface area contributed by atoms with Crippen molar-refractivity contribution in [3.8, 4) is 12.3 Å². The lowest BCUT2D eigenvalue weighted by Crippen LogP contribution is -2.28. The van der Waals surface area contributed by atoms with Gasteiger partial charge in [0.25, 0.3) is 0 Å². The summed E-state index contributed by atoms with van der Waals surface area (Å²) in [4.78, 5) is 11.4. The lowest BCUT2D eigenvalue weighted by molar-refractivity contribution is -0.120. The molecule has 1 aliphatic carbocycles. The highest BCUT2D eigenvalue weighted by atomic mass is 16.1. The average Bonchev–Trinajstić information content (AvgIpc) is 2.25. The van der Waals surface area contributed by atoms with E-state index < -0.39 is 0 Å². The summed E-state index contributed by atoms with van der Waals surface area (Å²) in [5.41, 5.74) is 0.114. The van der Waals surface area contributed by atoms with Crippen LogP contribution in [0.1, 0.15) is 33.6 Å². The van der Waals surface area contributed by atoms with E-state index in [1.165, 1.54) is 0 Å². The number of hydrogen-bond donors (Lipinski definition) is 0. The van der Waals surface area contributed by atoms with Gasteiger partial charge in [0.1, 0.15) is 0 Å². The van der Waals surface area contributed by atoms with Crippen LogP contribution in [0.2, 0.25) is 0 Å². The Morgan fingerprint density at radius 3 is 2.50 bits per heavy atom. The lowest BCUT2D eigenvalue weighted by Gasteiger charge is -2.26. The van der Waals surface area contributed by atoms with Crippen molar-refractivity contribution in [3.63, 3.8) is 0 Å². The third-order valence-corrected chi connectivity index (χ3v) is 3.08. The Bertz CT molecular complexity index is 232. The van der Waals surface area contributed by atoms with E-state index in [-0.39, 0.29) is 17.1 Å². The van der Waals surface area contributed by atoms with E-state index in [0.29, 0.717) is 5.92 Å². The summed E-state index contributed by atoms with van der Waals surface area (Å²) in [6.45, 7) is 6.39. The molecular weight excluding hydrogens is 148 g/mol. The number of carbonyl (C=O) groups is 1. The van der Waals surface area contributed by atoms with E-state index in [0.717, 1.165) is 12.8 Å². The number of Topliss-reactive ketones (excluding diaryl/α,β-unsaturated/α-hetero) is 1. The zero-order valence-electron chi connectivity index (χ0n) is 8.05. The van der Waals surface area contributed by atoms with Crippen LogP contribution in [0.4, 0.5) is 0 Å². The Hall–Kier alpha value is -0.770. The third kappa shape index (κ3) is 1.39. The van der Waals surface area contributed by atoms with Gasteiger partial charge >= 0.3 is 0 Å². The third-order valence-electron chi connectivity index (χ3n) is 3.08. The van der Waals surface area contributed by atoms with Crippen molar-refractivity contribution >= 4 is 5.78 Å². The molecule has 0 unspecified atom stereocenters. The highest BCUT2D eigenvalue weighted by Crippen LogP contribution is 2.46. The van der Waals surface area contributed by atoms with Crippen LogP contribution in [0, 0.1) is 29.6 Å². The molecular formula is C11H16O. The maximum Gasteiger partial charge on any atom is 0.209 e. The zero-order valence-corrected chi connectivity index (χ0v) is 8.05. The summed E-state index contributed by atoms with van der Waals surface area (Å²) in [5, 5.41) is 0. The predicted octanol–water partition coefficient (Wildman–Crippen LogP) is 2.26. The van der Waals surface area contributed by atoms with E-state index >= 15 is 0 Å². The largest absolute Gasteiger partial charge is 0.285 e. The summed E-state index contributed by atoms with van der Waals surface area (Å²) < 4.78 is 0. The van der Waals surface area contributed by atoms with Crippen LogP contribution in [0.25, 0.3) is 0 Å². The van der Waals surface area contributed by atoms with Crippen molar-refractivity contribution < 1.29 is 4.79 Å². The smallest absolute Gasteiger partial charge is 0.209 e. The quantitative estimate of drug-likeness (QED) is 0.429. The topological polar surface area (TPSA) is 17.1 Å². The van der Waals surface area contributed by atoms with Crippen molar-refractivity contribution in [1.29, 1.82) is 0 Å². The first-order valence-electron chi connectivity index (χ1n) is 4.49. The number of terminal acetylenes is 1. The van der Waals surface area contributed by atoms with E-state index in [1.54, 1.807) is 0 Å². The normalized spacial score (nSPS) is 32.8. The Labute approximate surface area is 74.5 Å². The van der Waals surface area contributed by atoms with Crippen molar-refractivity contribution in [2.45, 2.75) is 33.6 Å². The number of hydrogen-bond acceptors (Lipinski definition) is 1. The molecule has 66 valence electrons. The minimum absolute atomic E-state index is 0.00926. The summed E-state index contributed by atoms with van der Waals surface area (Å²) in [5.74, 6) is 2.79.